The minimum Gasteiger partial charge on any atom is -0.508 e. The van der Waals surface area contributed by atoms with E-state index >= 15 is 0 Å². The molecule has 0 unspecified atom stereocenters. The summed E-state index contributed by atoms with van der Waals surface area (Å²) in [6.07, 6.45) is 4.96. The molecule has 2 N–H and O–H groups in total. The number of hydrogen-bond donors (Lipinski definition) is 2. The average molecular weight is 378 g/mol. The predicted octanol–water partition coefficient (Wildman–Crippen LogP) is 3.42. The number of nitrogens with zero attached hydrogens (tertiary/aromatic N) is 1. The molecular formula is C19H10N2O3S2. The number of aromatic hydroxyl groups is 1. The zero-order valence-electron chi connectivity index (χ0n) is 13.1. The number of phenolic OH excluding ortho intramolecular Hbond substituents is 1. The molecule has 1 fully saturated rings. The number of fused-ring (bicyclic) bond motifs is 1. The monoisotopic (exact) mass is 378 g/mol. The molecule has 126 valence electrons. The van der Waals surface area contributed by atoms with E-state index < -0.39 is 0 Å². The summed E-state index contributed by atoms with van der Waals surface area (Å²) in [5.41, 5.74) is 2.00. The normalized spacial score (nSPS) is 15.2. The van der Waals surface area contributed by atoms with Crippen molar-refractivity contribution >= 4 is 51.3 Å². The lowest BCUT2D eigenvalue weighted by molar-refractivity contribution is -0.115. The third-order valence-electron chi connectivity index (χ3n) is 3.57. The molecule has 0 bridgehead atoms. The lowest BCUT2D eigenvalue weighted by Gasteiger charge is -1.93. The van der Waals surface area contributed by atoms with E-state index in [1.165, 1.54) is 11.8 Å². The van der Waals surface area contributed by atoms with E-state index in [2.05, 4.69) is 22.1 Å². The Morgan fingerprint density at radius 3 is 2.77 bits per heavy atom. The first kappa shape index (κ1) is 16.4. The number of thioether (sulfide) groups is 1. The molecular weight excluding hydrogens is 368 g/mol. The van der Waals surface area contributed by atoms with Gasteiger partial charge in [-0.1, -0.05) is 35.8 Å². The first-order valence-corrected chi connectivity index (χ1v) is 8.74. The van der Waals surface area contributed by atoms with Gasteiger partial charge in [-0.3, -0.25) is 9.78 Å². The first-order valence-electron chi connectivity index (χ1n) is 7.52. The number of amides is 1. The summed E-state index contributed by atoms with van der Waals surface area (Å²) in [5, 5.41) is 12.7. The van der Waals surface area contributed by atoms with Gasteiger partial charge in [0.25, 0.3) is 5.91 Å². The third-order valence-corrected chi connectivity index (χ3v) is 4.73. The quantitative estimate of drug-likeness (QED) is 0.384. The number of benzene rings is 1. The lowest BCUT2D eigenvalue weighted by Crippen LogP contribution is -2.17. The summed E-state index contributed by atoms with van der Waals surface area (Å²) in [5.74, 6) is 6.54. The van der Waals surface area contributed by atoms with Gasteiger partial charge in [0, 0.05) is 29.4 Å². The van der Waals surface area contributed by atoms with Crippen LogP contribution in [0.3, 0.4) is 0 Å². The van der Waals surface area contributed by atoms with E-state index in [1.807, 2.05) is 0 Å². The molecule has 0 aliphatic carbocycles. The van der Waals surface area contributed by atoms with Crippen LogP contribution in [0.15, 0.2) is 52.0 Å². The van der Waals surface area contributed by atoms with Crippen molar-refractivity contribution in [3.8, 4) is 17.6 Å². The summed E-state index contributed by atoms with van der Waals surface area (Å²) >= 11 is 6.18. The van der Waals surface area contributed by atoms with Crippen molar-refractivity contribution < 1.29 is 14.3 Å². The highest BCUT2D eigenvalue weighted by Crippen LogP contribution is 2.29. The van der Waals surface area contributed by atoms with Gasteiger partial charge in [0.1, 0.15) is 15.8 Å². The minimum absolute atomic E-state index is 0.191. The molecule has 1 aliphatic rings. The molecule has 3 heterocycles. The largest absolute Gasteiger partial charge is 0.508 e. The number of carbonyl (C=O) groups is 1. The van der Waals surface area contributed by atoms with Crippen LogP contribution in [0.25, 0.3) is 17.0 Å². The van der Waals surface area contributed by atoms with E-state index in [9.17, 15) is 9.90 Å². The fourth-order valence-corrected chi connectivity index (χ4v) is 3.40. The van der Waals surface area contributed by atoms with Gasteiger partial charge in [-0.2, -0.15) is 0 Å². The SMILES string of the molecule is O=C1NC(=S)S/C1=C\c1cc2cncc(C#Cc3ccc(O)cc3)c2o1. The molecule has 0 spiro atoms. The Morgan fingerprint density at radius 2 is 2.04 bits per heavy atom. The van der Waals surface area contributed by atoms with Crippen LogP contribution in [0.5, 0.6) is 5.75 Å². The van der Waals surface area contributed by atoms with Crippen LogP contribution in [-0.2, 0) is 4.79 Å². The van der Waals surface area contributed by atoms with Crippen LogP contribution in [0.4, 0.5) is 0 Å². The van der Waals surface area contributed by atoms with E-state index in [1.54, 1.807) is 48.8 Å². The van der Waals surface area contributed by atoms with Gasteiger partial charge in [-0.15, -0.1) is 0 Å². The fraction of sp³-hybridized carbons (Fsp3) is 0. The molecule has 3 aromatic rings. The number of furan rings is 1. The maximum Gasteiger partial charge on any atom is 0.263 e. The third kappa shape index (κ3) is 3.33. The molecule has 1 aromatic carbocycles. The van der Waals surface area contributed by atoms with Crippen LogP contribution < -0.4 is 5.32 Å². The number of thiocarbonyl (C=S) groups is 1. The number of hydrogen-bond acceptors (Lipinski definition) is 6. The molecule has 0 saturated carbocycles. The van der Waals surface area contributed by atoms with Gasteiger partial charge in [-0.25, -0.2) is 0 Å². The van der Waals surface area contributed by atoms with Crippen molar-refractivity contribution in [2.24, 2.45) is 0 Å². The number of aromatic nitrogens is 1. The van der Waals surface area contributed by atoms with E-state index in [0.29, 0.717) is 26.1 Å². The summed E-state index contributed by atoms with van der Waals surface area (Å²) in [7, 11) is 0. The molecule has 0 radical (unpaired) electrons. The maximum atomic E-state index is 11.8. The molecule has 7 heteroatoms. The minimum atomic E-state index is -0.231. The Morgan fingerprint density at radius 1 is 1.23 bits per heavy atom. The molecule has 26 heavy (non-hydrogen) atoms. The van der Waals surface area contributed by atoms with Gasteiger partial charge >= 0.3 is 0 Å². The Kier molecular flexibility index (Phi) is 4.21. The molecule has 5 nitrogen and oxygen atoms in total. The van der Waals surface area contributed by atoms with Crippen LogP contribution in [-0.4, -0.2) is 20.3 Å². The summed E-state index contributed by atoms with van der Waals surface area (Å²) in [6.45, 7) is 0. The summed E-state index contributed by atoms with van der Waals surface area (Å²) < 4.78 is 6.29. The molecule has 2 aromatic heterocycles. The van der Waals surface area contributed by atoms with Crippen LogP contribution in [0, 0.1) is 11.8 Å². The Labute approximate surface area is 158 Å². The van der Waals surface area contributed by atoms with Crippen LogP contribution in [0.2, 0.25) is 0 Å². The Balaban J connectivity index is 1.70. The van der Waals surface area contributed by atoms with Crippen molar-refractivity contribution in [1.82, 2.24) is 10.3 Å². The number of pyridine rings is 1. The highest BCUT2D eigenvalue weighted by Gasteiger charge is 2.22. The number of carbonyl (C=O) groups excluding carboxylic acids is 1. The second-order valence-electron chi connectivity index (χ2n) is 5.40. The lowest BCUT2D eigenvalue weighted by atomic mass is 10.2. The first-order chi connectivity index (χ1) is 12.6. The van der Waals surface area contributed by atoms with Gasteiger partial charge in [-0.05, 0) is 30.3 Å². The zero-order valence-corrected chi connectivity index (χ0v) is 14.8. The summed E-state index contributed by atoms with van der Waals surface area (Å²) in [4.78, 5) is 16.4. The van der Waals surface area contributed by atoms with Gasteiger partial charge < -0.3 is 14.8 Å². The van der Waals surface area contributed by atoms with E-state index in [-0.39, 0.29) is 11.7 Å². The van der Waals surface area contributed by atoms with Crippen LogP contribution in [0.1, 0.15) is 16.9 Å². The van der Waals surface area contributed by atoms with E-state index in [4.69, 9.17) is 16.6 Å². The second kappa shape index (κ2) is 6.67. The maximum absolute atomic E-state index is 11.8. The van der Waals surface area contributed by atoms with Gasteiger partial charge in [0.2, 0.25) is 0 Å². The zero-order chi connectivity index (χ0) is 18.1. The number of phenols is 1. The molecule has 4 rings (SSSR count). The highest BCUT2D eigenvalue weighted by molar-refractivity contribution is 8.26. The second-order valence-corrected chi connectivity index (χ2v) is 7.12. The molecule has 1 saturated heterocycles. The van der Waals surface area contributed by atoms with Crippen molar-refractivity contribution in [1.29, 1.82) is 0 Å². The van der Waals surface area contributed by atoms with E-state index in [0.717, 1.165) is 10.9 Å². The van der Waals surface area contributed by atoms with Gasteiger partial charge in [0.05, 0.1) is 10.5 Å². The smallest absolute Gasteiger partial charge is 0.263 e. The standard InChI is InChI=1S/C19H10N2O3S2/c22-14-5-2-11(3-6-14)1-4-12-9-20-10-13-7-15(24-17(12)13)8-16-18(23)21-19(25)26-16/h2-3,5-10,22H,(H,21,23,25)/b16-8-. The van der Waals surface area contributed by atoms with Crippen molar-refractivity contribution in [2.45, 2.75) is 0 Å². The Hall–Kier alpha value is -3.08. The summed E-state index contributed by atoms with van der Waals surface area (Å²) in [6, 6.07) is 8.42. The highest BCUT2D eigenvalue weighted by atomic mass is 32.2. The van der Waals surface area contributed by atoms with Crippen molar-refractivity contribution in [3.05, 3.63) is 64.5 Å². The predicted molar refractivity (Wildman–Crippen MR) is 104 cm³/mol. The number of rotatable bonds is 1. The topological polar surface area (TPSA) is 75.4 Å². The average Bonchev–Trinajstić information content (AvgIpc) is 3.17. The van der Waals surface area contributed by atoms with Crippen molar-refractivity contribution in [3.63, 3.8) is 0 Å². The van der Waals surface area contributed by atoms with Crippen molar-refractivity contribution in [2.75, 3.05) is 0 Å². The molecule has 1 aliphatic heterocycles. The van der Waals surface area contributed by atoms with Gasteiger partial charge in [0.15, 0.2) is 5.58 Å². The number of nitrogens with one attached hydrogen (secondary N) is 1. The fourth-order valence-electron chi connectivity index (χ4n) is 2.38. The molecule has 1 amide bonds. The molecule has 0 atom stereocenters. The Bertz CT molecular complexity index is 1140. The van der Waals surface area contributed by atoms with Crippen LogP contribution >= 0.6 is 24.0 Å².